The topological polar surface area (TPSA) is 96.5 Å². The lowest BCUT2D eigenvalue weighted by molar-refractivity contribution is 0.538. The zero-order valence-corrected chi connectivity index (χ0v) is 24.0. The first-order valence-corrected chi connectivity index (χ1v) is 16.6. The molecule has 0 saturated heterocycles. The zero-order valence-electron chi connectivity index (χ0n) is 23.1. The van der Waals surface area contributed by atoms with E-state index in [-0.39, 0.29) is 17.1 Å². The first-order valence-electron chi connectivity index (χ1n) is 14.1. The van der Waals surface area contributed by atoms with Gasteiger partial charge in [-0.3, -0.25) is 0 Å². The van der Waals surface area contributed by atoms with Crippen LogP contribution in [0.4, 0.5) is 0 Å². The van der Waals surface area contributed by atoms with E-state index in [1.807, 2.05) is 0 Å². The Morgan fingerprint density at radius 2 is 0.562 bits per heavy atom. The SMILES string of the molecule is CCCCCCCCCCCCCCCC[P+](CCCC)(CCCC)CCCC.N.O.[OH-]. The fourth-order valence-electron chi connectivity index (χ4n) is 4.79. The molecule has 0 rings (SSSR count). The number of hydrogen-bond donors (Lipinski definition) is 1. The van der Waals surface area contributed by atoms with E-state index in [1.165, 1.54) is 122 Å². The van der Waals surface area contributed by atoms with Crippen LogP contribution in [0.1, 0.15) is 156 Å². The third kappa shape index (κ3) is 24.9. The molecule has 0 aromatic heterocycles. The average Bonchev–Trinajstić information content (AvgIpc) is 2.74. The largest absolute Gasteiger partial charge is 0.870 e. The van der Waals surface area contributed by atoms with Crippen LogP contribution < -0.4 is 6.15 Å². The van der Waals surface area contributed by atoms with Crippen molar-refractivity contribution >= 4 is 7.26 Å². The second kappa shape index (κ2) is 31.3. The van der Waals surface area contributed by atoms with Crippen molar-refractivity contribution in [3.05, 3.63) is 0 Å². The molecule has 200 valence electrons. The molecular formula is C28H66NO2P. The Labute approximate surface area is 205 Å². The summed E-state index contributed by atoms with van der Waals surface area (Å²) >= 11 is 0. The Morgan fingerprint density at radius 3 is 0.844 bits per heavy atom. The Kier molecular flexibility index (Phi) is 38.7. The van der Waals surface area contributed by atoms with E-state index in [0.29, 0.717) is 0 Å². The summed E-state index contributed by atoms with van der Waals surface area (Å²) in [6.07, 6.45) is 36.0. The third-order valence-corrected chi connectivity index (χ3v) is 12.0. The maximum Gasteiger partial charge on any atom is 0.0594 e. The normalized spacial score (nSPS) is 10.9. The lowest BCUT2D eigenvalue weighted by Gasteiger charge is -2.28. The van der Waals surface area contributed by atoms with Crippen LogP contribution in [0.3, 0.4) is 0 Å². The molecule has 32 heavy (non-hydrogen) atoms. The van der Waals surface area contributed by atoms with E-state index in [4.69, 9.17) is 0 Å². The van der Waals surface area contributed by atoms with Gasteiger partial charge in [0.25, 0.3) is 0 Å². The van der Waals surface area contributed by atoms with Gasteiger partial charge in [-0.05, 0) is 32.1 Å². The fraction of sp³-hybridized carbons (Fsp3) is 1.00. The highest BCUT2D eigenvalue weighted by Crippen LogP contribution is 2.61. The Morgan fingerprint density at radius 1 is 0.344 bits per heavy atom. The monoisotopic (exact) mass is 479 g/mol. The predicted octanol–water partition coefficient (Wildman–Crippen LogP) is 10.0. The zero-order chi connectivity index (χ0) is 21.5. The molecule has 0 bridgehead atoms. The first kappa shape index (κ1) is 39.5. The number of unbranched alkanes of at least 4 members (excludes halogenated alkanes) is 16. The average molecular weight is 480 g/mol. The molecule has 0 unspecified atom stereocenters. The highest BCUT2D eigenvalue weighted by molar-refractivity contribution is 7.75. The minimum absolute atomic E-state index is 0. The van der Waals surface area contributed by atoms with Crippen molar-refractivity contribution in [3.63, 3.8) is 0 Å². The van der Waals surface area contributed by atoms with Gasteiger partial charge in [0.15, 0.2) is 0 Å². The van der Waals surface area contributed by atoms with E-state index in [9.17, 15) is 0 Å². The van der Waals surface area contributed by atoms with Gasteiger partial charge >= 0.3 is 0 Å². The molecule has 6 N–H and O–H groups in total. The van der Waals surface area contributed by atoms with Crippen molar-refractivity contribution in [1.82, 2.24) is 6.15 Å². The molecule has 0 atom stereocenters. The summed E-state index contributed by atoms with van der Waals surface area (Å²) in [6.45, 7) is 9.48. The molecule has 0 fully saturated rings. The number of hydrogen-bond acceptors (Lipinski definition) is 2. The minimum atomic E-state index is -0.630. The second-order valence-corrected chi connectivity index (χ2v) is 14.4. The molecule has 0 aliphatic carbocycles. The van der Waals surface area contributed by atoms with Gasteiger partial charge in [0.1, 0.15) is 0 Å². The summed E-state index contributed by atoms with van der Waals surface area (Å²) < 4.78 is 0. The molecule has 0 aliphatic heterocycles. The van der Waals surface area contributed by atoms with Crippen LogP contribution in [0.25, 0.3) is 0 Å². The van der Waals surface area contributed by atoms with Crippen molar-refractivity contribution in [2.45, 2.75) is 156 Å². The van der Waals surface area contributed by atoms with Gasteiger partial charge < -0.3 is 17.1 Å². The van der Waals surface area contributed by atoms with Crippen LogP contribution >= 0.6 is 7.26 Å². The summed E-state index contributed by atoms with van der Waals surface area (Å²) in [4.78, 5) is 0. The predicted molar refractivity (Wildman–Crippen MR) is 152 cm³/mol. The molecule has 0 amide bonds. The summed E-state index contributed by atoms with van der Waals surface area (Å²) in [5.74, 6) is 0. The quantitative estimate of drug-likeness (QED) is 0.110. The van der Waals surface area contributed by atoms with Gasteiger partial charge in [-0.25, -0.2) is 0 Å². The van der Waals surface area contributed by atoms with Crippen molar-refractivity contribution in [3.8, 4) is 0 Å². The molecule has 3 nitrogen and oxygen atoms in total. The van der Waals surface area contributed by atoms with Gasteiger partial charge in [-0.15, -0.1) is 0 Å². The minimum Gasteiger partial charge on any atom is -0.870 e. The van der Waals surface area contributed by atoms with Crippen molar-refractivity contribution < 1.29 is 11.0 Å². The Bertz CT molecular complexity index is 294. The van der Waals surface area contributed by atoms with Crippen LogP contribution in [0.5, 0.6) is 0 Å². The van der Waals surface area contributed by atoms with Crippen molar-refractivity contribution in [2.75, 3.05) is 24.6 Å². The molecular weight excluding hydrogens is 413 g/mol. The van der Waals surface area contributed by atoms with Crippen LogP contribution in [0, 0.1) is 0 Å². The van der Waals surface area contributed by atoms with Crippen LogP contribution in [-0.4, -0.2) is 35.6 Å². The molecule has 4 heteroatoms. The van der Waals surface area contributed by atoms with Gasteiger partial charge in [-0.2, -0.15) is 0 Å². The molecule has 0 saturated carbocycles. The molecule has 0 heterocycles. The van der Waals surface area contributed by atoms with E-state index in [0.717, 1.165) is 0 Å². The van der Waals surface area contributed by atoms with Crippen molar-refractivity contribution in [1.29, 1.82) is 0 Å². The molecule has 0 radical (unpaired) electrons. The summed E-state index contributed by atoms with van der Waals surface area (Å²) in [5, 5.41) is 0. The lowest BCUT2D eigenvalue weighted by Crippen LogP contribution is -2.13. The molecule has 0 aromatic rings. The smallest absolute Gasteiger partial charge is 0.0594 e. The van der Waals surface area contributed by atoms with Crippen LogP contribution in [0.2, 0.25) is 0 Å². The standard InChI is InChI=1S/C28H60P.H3N.2H2O/c1-5-9-13-14-15-16-17-18-19-20-21-22-23-24-28-29(25-10-6-2,26-11-7-3)27-12-8-4;;;/h5-28H2,1-4H3;1H3;2*1H2/q+1;;;/p-1. The fourth-order valence-corrected chi connectivity index (χ4v) is 9.99. The lowest BCUT2D eigenvalue weighted by atomic mass is 10.0. The van der Waals surface area contributed by atoms with E-state index < -0.39 is 7.26 Å². The maximum absolute atomic E-state index is 2.39. The Balaban J connectivity index is -0.00000131. The summed E-state index contributed by atoms with van der Waals surface area (Å²) in [7, 11) is -0.630. The van der Waals surface area contributed by atoms with Crippen molar-refractivity contribution in [2.24, 2.45) is 0 Å². The first-order chi connectivity index (χ1) is 14.2. The molecule has 0 aromatic carbocycles. The van der Waals surface area contributed by atoms with Crippen LogP contribution in [-0.2, 0) is 0 Å². The summed E-state index contributed by atoms with van der Waals surface area (Å²) in [5.41, 5.74) is 0. The Hall–Kier alpha value is 0.310. The van der Waals surface area contributed by atoms with Gasteiger partial charge in [0.05, 0.1) is 24.6 Å². The van der Waals surface area contributed by atoms with E-state index in [2.05, 4.69) is 27.7 Å². The maximum atomic E-state index is 2.39. The summed E-state index contributed by atoms with van der Waals surface area (Å²) in [6, 6.07) is 0. The number of rotatable bonds is 24. The van der Waals surface area contributed by atoms with Gasteiger partial charge in [0.2, 0.25) is 0 Å². The van der Waals surface area contributed by atoms with Gasteiger partial charge in [0, 0.05) is 7.26 Å². The third-order valence-electron chi connectivity index (χ3n) is 6.94. The van der Waals surface area contributed by atoms with E-state index >= 15 is 0 Å². The molecule has 0 spiro atoms. The van der Waals surface area contributed by atoms with Gasteiger partial charge in [-0.1, -0.05) is 124 Å². The van der Waals surface area contributed by atoms with E-state index in [1.54, 1.807) is 31.1 Å². The second-order valence-electron chi connectivity index (χ2n) is 9.89. The molecule has 0 aliphatic rings. The highest BCUT2D eigenvalue weighted by Gasteiger charge is 2.34. The highest BCUT2D eigenvalue weighted by atomic mass is 31.2. The van der Waals surface area contributed by atoms with Crippen LogP contribution in [0.15, 0.2) is 0 Å².